The van der Waals surface area contributed by atoms with Gasteiger partial charge in [0, 0.05) is 18.3 Å². The summed E-state index contributed by atoms with van der Waals surface area (Å²) < 4.78 is 1.61. The Morgan fingerprint density at radius 3 is 3.00 bits per heavy atom. The maximum absolute atomic E-state index is 13.1. The van der Waals surface area contributed by atoms with Crippen LogP contribution in [0.4, 0.5) is 0 Å². The zero-order valence-corrected chi connectivity index (χ0v) is 14.7. The Morgan fingerprint density at radius 2 is 2.15 bits per heavy atom. The number of aromatic nitrogens is 4. The number of carbonyl (C=O) groups excluding carboxylic acids is 1. The number of amides is 1. The lowest BCUT2D eigenvalue weighted by Crippen LogP contribution is -2.44. The second-order valence-electron chi connectivity index (χ2n) is 6.85. The first-order valence-electron chi connectivity index (χ1n) is 8.84. The Morgan fingerprint density at radius 1 is 1.27 bits per heavy atom. The molecule has 0 spiro atoms. The maximum Gasteiger partial charge on any atom is 0.230 e. The van der Waals surface area contributed by atoms with Crippen LogP contribution in [0.1, 0.15) is 36.5 Å². The van der Waals surface area contributed by atoms with Crippen molar-refractivity contribution in [3.8, 4) is 5.82 Å². The van der Waals surface area contributed by atoms with Crippen LogP contribution in [0, 0.1) is 0 Å². The van der Waals surface area contributed by atoms with Crippen LogP contribution in [0.15, 0.2) is 55.2 Å². The van der Waals surface area contributed by atoms with Gasteiger partial charge in [-0.2, -0.15) is 5.10 Å². The predicted molar refractivity (Wildman–Crippen MR) is 97.7 cm³/mol. The lowest BCUT2D eigenvalue weighted by molar-refractivity contribution is -0.126. The van der Waals surface area contributed by atoms with Crippen LogP contribution in [0.2, 0.25) is 0 Å². The molecule has 0 aliphatic heterocycles. The number of hydrogen-bond donors (Lipinski definition) is 1. The number of rotatable bonds is 4. The largest absolute Gasteiger partial charge is 0.351 e. The molecule has 0 fully saturated rings. The summed E-state index contributed by atoms with van der Waals surface area (Å²) in [5, 5.41) is 7.25. The minimum atomic E-state index is -0.496. The molecule has 3 aromatic rings. The van der Waals surface area contributed by atoms with Gasteiger partial charge in [-0.3, -0.25) is 4.79 Å². The summed E-state index contributed by atoms with van der Waals surface area (Å²) in [4.78, 5) is 21.4. The minimum Gasteiger partial charge on any atom is -0.351 e. The zero-order valence-electron chi connectivity index (χ0n) is 14.7. The van der Waals surface area contributed by atoms with Crippen LogP contribution in [0.5, 0.6) is 0 Å². The van der Waals surface area contributed by atoms with E-state index in [-0.39, 0.29) is 5.91 Å². The van der Waals surface area contributed by atoms with E-state index in [0.717, 1.165) is 30.4 Å². The SMILES string of the molecule is C[C@@]1(C(=O)NCc2cccnc2-n2cncn2)CCCc2ccccc21. The number of carbonyl (C=O) groups is 1. The van der Waals surface area contributed by atoms with Crippen LogP contribution in [0.3, 0.4) is 0 Å². The summed E-state index contributed by atoms with van der Waals surface area (Å²) in [7, 11) is 0. The van der Waals surface area contributed by atoms with E-state index in [0.29, 0.717) is 12.4 Å². The molecule has 0 bridgehead atoms. The molecule has 26 heavy (non-hydrogen) atoms. The molecule has 6 nitrogen and oxygen atoms in total. The maximum atomic E-state index is 13.1. The van der Waals surface area contributed by atoms with Crippen molar-refractivity contribution >= 4 is 5.91 Å². The van der Waals surface area contributed by atoms with Crippen molar-refractivity contribution in [3.05, 3.63) is 71.9 Å². The van der Waals surface area contributed by atoms with Crippen molar-refractivity contribution in [2.24, 2.45) is 0 Å². The lowest BCUT2D eigenvalue weighted by atomic mass is 9.70. The molecular formula is C20H21N5O. The zero-order chi connectivity index (χ0) is 18.0. The molecule has 0 saturated heterocycles. The van der Waals surface area contributed by atoms with Gasteiger partial charge in [-0.05, 0) is 43.4 Å². The molecule has 0 radical (unpaired) electrons. The highest BCUT2D eigenvalue weighted by Crippen LogP contribution is 2.37. The molecule has 1 aromatic carbocycles. The number of benzene rings is 1. The van der Waals surface area contributed by atoms with Gasteiger partial charge < -0.3 is 5.32 Å². The smallest absolute Gasteiger partial charge is 0.230 e. The Bertz CT molecular complexity index is 921. The average molecular weight is 347 g/mol. The second-order valence-corrected chi connectivity index (χ2v) is 6.85. The van der Waals surface area contributed by atoms with Crippen molar-refractivity contribution in [3.63, 3.8) is 0 Å². The molecule has 6 heteroatoms. The predicted octanol–water partition coefficient (Wildman–Crippen LogP) is 2.57. The van der Waals surface area contributed by atoms with Crippen LogP contribution in [-0.2, 0) is 23.2 Å². The molecule has 2 aromatic heterocycles. The Balaban J connectivity index is 1.56. The highest BCUT2D eigenvalue weighted by atomic mass is 16.2. The van der Waals surface area contributed by atoms with Gasteiger partial charge in [0.05, 0.1) is 5.41 Å². The first-order valence-corrected chi connectivity index (χ1v) is 8.84. The topological polar surface area (TPSA) is 72.7 Å². The van der Waals surface area contributed by atoms with Gasteiger partial charge in [0.15, 0.2) is 5.82 Å². The van der Waals surface area contributed by atoms with Gasteiger partial charge in [0.25, 0.3) is 0 Å². The lowest BCUT2D eigenvalue weighted by Gasteiger charge is -2.34. The van der Waals surface area contributed by atoms with E-state index in [1.165, 1.54) is 11.9 Å². The van der Waals surface area contributed by atoms with Crippen LogP contribution < -0.4 is 5.32 Å². The third-order valence-electron chi connectivity index (χ3n) is 5.18. The summed E-state index contributed by atoms with van der Waals surface area (Å²) >= 11 is 0. The summed E-state index contributed by atoms with van der Waals surface area (Å²) in [5.74, 6) is 0.734. The van der Waals surface area contributed by atoms with Crippen molar-refractivity contribution in [1.29, 1.82) is 0 Å². The Hall–Kier alpha value is -3.02. The van der Waals surface area contributed by atoms with E-state index < -0.39 is 5.41 Å². The molecule has 1 N–H and O–H groups in total. The highest BCUT2D eigenvalue weighted by molar-refractivity contribution is 5.88. The van der Waals surface area contributed by atoms with E-state index in [2.05, 4.69) is 32.5 Å². The van der Waals surface area contributed by atoms with Crippen molar-refractivity contribution in [2.75, 3.05) is 0 Å². The van der Waals surface area contributed by atoms with Gasteiger partial charge >= 0.3 is 0 Å². The number of fused-ring (bicyclic) bond motifs is 1. The summed E-state index contributed by atoms with van der Waals surface area (Å²) in [6, 6.07) is 12.1. The van der Waals surface area contributed by atoms with Crippen molar-refractivity contribution in [1.82, 2.24) is 25.1 Å². The van der Waals surface area contributed by atoms with E-state index in [4.69, 9.17) is 0 Å². The first-order chi connectivity index (χ1) is 12.7. The molecule has 1 aliphatic carbocycles. The molecule has 1 atom stereocenters. The molecule has 0 saturated carbocycles. The van der Waals surface area contributed by atoms with Crippen LogP contribution in [0.25, 0.3) is 5.82 Å². The van der Waals surface area contributed by atoms with Crippen LogP contribution >= 0.6 is 0 Å². The van der Waals surface area contributed by atoms with Crippen LogP contribution in [-0.4, -0.2) is 25.7 Å². The quantitative estimate of drug-likeness (QED) is 0.787. The Labute approximate surface area is 152 Å². The summed E-state index contributed by atoms with van der Waals surface area (Å²) in [5.41, 5.74) is 2.83. The number of hydrogen-bond acceptors (Lipinski definition) is 4. The normalized spacial score (nSPS) is 19.0. The fourth-order valence-electron chi connectivity index (χ4n) is 3.74. The summed E-state index contributed by atoms with van der Waals surface area (Å²) in [6.07, 6.45) is 7.71. The fourth-order valence-corrected chi connectivity index (χ4v) is 3.74. The number of nitrogens with zero attached hydrogens (tertiary/aromatic N) is 4. The average Bonchev–Trinajstić information content (AvgIpc) is 3.21. The molecule has 4 rings (SSSR count). The Kier molecular flexibility index (Phi) is 4.24. The molecule has 1 aliphatic rings. The summed E-state index contributed by atoms with van der Waals surface area (Å²) in [6.45, 7) is 2.45. The van der Waals surface area contributed by atoms with Crippen molar-refractivity contribution < 1.29 is 4.79 Å². The molecular weight excluding hydrogens is 326 g/mol. The van der Waals surface area contributed by atoms with E-state index in [9.17, 15) is 4.79 Å². The van der Waals surface area contributed by atoms with Gasteiger partial charge in [-0.15, -0.1) is 0 Å². The molecule has 0 unspecified atom stereocenters. The van der Waals surface area contributed by atoms with Gasteiger partial charge in [0.2, 0.25) is 5.91 Å². The standard InChI is InChI=1S/C20H21N5O/c1-20(10-4-7-15-6-2-3-9-17(15)20)19(26)23-12-16-8-5-11-22-18(16)25-14-21-13-24-25/h2-3,5-6,8-9,11,13-14H,4,7,10,12H2,1H3,(H,23,26)/t20-/m1/s1. The van der Waals surface area contributed by atoms with E-state index >= 15 is 0 Å². The van der Waals surface area contributed by atoms with Crippen molar-refractivity contribution in [2.45, 2.75) is 38.1 Å². The third kappa shape index (κ3) is 2.87. The van der Waals surface area contributed by atoms with E-state index in [1.54, 1.807) is 17.2 Å². The third-order valence-corrected chi connectivity index (χ3v) is 5.18. The molecule has 1 amide bonds. The fraction of sp³-hybridized carbons (Fsp3) is 0.300. The number of aryl methyl sites for hydroxylation is 1. The second kappa shape index (κ2) is 6.71. The monoisotopic (exact) mass is 347 g/mol. The van der Waals surface area contributed by atoms with Gasteiger partial charge in [-0.25, -0.2) is 14.6 Å². The number of nitrogens with one attached hydrogen (secondary N) is 1. The number of pyridine rings is 1. The van der Waals surface area contributed by atoms with E-state index in [1.807, 2.05) is 31.2 Å². The first kappa shape index (κ1) is 16.4. The minimum absolute atomic E-state index is 0.0537. The van der Waals surface area contributed by atoms with Gasteiger partial charge in [-0.1, -0.05) is 30.3 Å². The highest BCUT2D eigenvalue weighted by Gasteiger charge is 2.38. The van der Waals surface area contributed by atoms with Gasteiger partial charge in [0.1, 0.15) is 12.7 Å². The molecule has 132 valence electrons. The molecule has 2 heterocycles.